The van der Waals surface area contributed by atoms with Crippen molar-refractivity contribution in [3.05, 3.63) is 16.7 Å². The molecule has 5 nitrogen and oxygen atoms in total. The van der Waals surface area contributed by atoms with Crippen molar-refractivity contribution in [2.75, 3.05) is 0 Å². The van der Waals surface area contributed by atoms with Gasteiger partial charge in [-0.1, -0.05) is 0 Å². The number of imidazole rings is 1. The summed E-state index contributed by atoms with van der Waals surface area (Å²) in [7, 11) is 0. The van der Waals surface area contributed by atoms with E-state index in [2.05, 4.69) is 35.9 Å². The fourth-order valence-electron chi connectivity index (χ4n) is 0.823. The maximum Gasteiger partial charge on any atom is 0 e. The van der Waals surface area contributed by atoms with Crippen LogP contribution >= 0.6 is 0 Å². The summed E-state index contributed by atoms with van der Waals surface area (Å²) >= 11 is 2.60. The fraction of sp³-hybridized carbons (Fsp3) is 0. The van der Waals surface area contributed by atoms with Gasteiger partial charge in [-0.3, -0.25) is 0 Å². The average Bonchev–Trinajstić information content (AvgIpc) is 2.34. The van der Waals surface area contributed by atoms with Crippen LogP contribution in [-0.2, 0) is 22.4 Å². The molecule has 0 saturated carbocycles. The molecule has 66 valence electrons. The van der Waals surface area contributed by atoms with Crippen molar-refractivity contribution in [2.45, 2.75) is 0 Å². The molecular weight excluding hydrogens is 408 g/mol. The summed E-state index contributed by atoms with van der Waals surface area (Å²) in [5.41, 5.74) is 0.632. The first-order valence-corrected chi connectivity index (χ1v) is 3.73. The van der Waals surface area contributed by atoms with Gasteiger partial charge in [0.05, 0.1) is 0 Å². The third-order valence-electron chi connectivity index (χ3n) is 1.27. The second kappa shape index (κ2) is 3.55. The summed E-state index contributed by atoms with van der Waals surface area (Å²) in [6.07, 6.45) is 1.44. The third kappa shape index (κ3) is 1.53. The van der Waals surface area contributed by atoms with Crippen LogP contribution in [0.5, 0.6) is 0 Å². The van der Waals surface area contributed by atoms with Gasteiger partial charge in [0.15, 0.2) is 0 Å². The molecule has 2 heterocycles. The Labute approximate surface area is 90.7 Å². The van der Waals surface area contributed by atoms with E-state index in [9.17, 15) is 4.79 Å². The van der Waals surface area contributed by atoms with Crippen LogP contribution in [0.15, 0.2) is 11.1 Å². The molecule has 2 aromatic heterocycles. The number of hydrogen-bond donors (Lipinski definition) is 2. The minimum atomic E-state index is -0.207. The van der Waals surface area contributed by atoms with Crippen molar-refractivity contribution >= 4 is 31.9 Å². The largest absolute Gasteiger partial charge is 0 e. The molecule has 2 rings (SSSR count). The first-order chi connectivity index (χ1) is 5.27. The molecule has 0 fully saturated rings. The van der Waals surface area contributed by atoms with E-state index in [1.54, 1.807) is 0 Å². The molecule has 0 aromatic carbocycles. The molecule has 7 heteroatoms. The van der Waals surface area contributed by atoms with Gasteiger partial charge in [-0.15, -0.1) is 0 Å². The molecule has 0 saturated heterocycles. The molecule has 0 amide bonds. The van der Waals surface area contributed by atoms with Gasteiger partial charge >= 0.3 is 68.5 Å². The molecule has 0 bridgehead atoms. The van der Waals surface area contributed by atoms with Gasteiger partial charge in [-0.2, -0.15) is 0 Å². The average molecular weight is 411 g/mol. The van der Waals surface area contributed by atoms with E-state index < -0.39 is 0 Å². The Morgan fingerprint density at radius 1 is 1.50 bits per heavy atom. The zero-order valence-corrected chi connectivity index (χ0v) is 9.47. The van der Waals surface area contributed by atoms with Crippen LogP contribution in [0.2, 0.25) is 0 Å². The van der Waals surface area contributed by atoms with Crippen LogP contribution in [0.3, 0.4) is 0 Å². The topological polar surface area (TPSA) is 74.4 Å². The first-order valence-electron chi connectivity index (χ1n) is 2.88. The second-order valence-electron chi connectivity index (χ2n) is 1.97. The van der Waals surface area contributed by atoms with Crippen LogP contribution in [0.1, 0.15) is 0 Å². The smallest absolute Gasteiger partial charge is 0 e. The molecule has 2 N–H and O–H groups in total. The van der Waals surface area contributed by atoms with Crippen molar-refractivity contribution in [3.8, 4) is 0 Å². The van der Waals surface area contributed by atoms with Gasteiger partial charge in [0.2, 0.25) is 0 Å². The standard InChI is InChI=1S/C5H3N4OSe.Au/c10-4-2-3(7-1-6-2)8-5(11)9-4;/h1H,(H2,6,7,8,9,10);. The van der Waals surface area contributed by atoms with E-state index in [0.717, 1.165) is 0 Å². The first kappa shape index (κ1) is 9.70. The number of rotatable bonds is 0. The molecule has 0 atom stereocenters. The second-order valence-corrected chi connectivity index (χ2v) is 2.78. The normalized spacial score (nSPS) is 9.67. The van der Waals surface area contributed by atoms with E-state index in [1.165, 1.54) is 6.33 Å². The predicted molar refractivity (Wildman–Crippen MR) is 39.9 cm³/mol. The summed E-state index contributed by atoms with van der Waals surface area (Å²) in [5.74, 6) is 0. The van der Waals surface area contributed by atoms with Crippen molar-refractivity contribution in [2.24, 2.45) is 0 Å². The van der Waals surface area contributed by atoms with Crippen LogP contribution in [-0.4, -0.2) is 35.9 Å². The van der Waals surface area contributed by atoms with E-state index in [4.69, 9.17) is 0 Å². The Morgan fingerprint density at radius 3 is 3.00 bits per heavy atom. The predicted octanol–water partition coefficient (Wildman–Crippen LogP) is -1.56. The number of fused-ring (bicyclic) bond motifs is 1. The molecule has 0 aliphatic rings. The van der Waals surface area contributed by atoms with E-state index in [0.29, 0.717) is 15.9 Å². The summed E-state index contributed by atoms with van der Waals surface area (Å²) in [4.78, 5) is 24.0. The van der Waals surface area contributed by atoms with Crippen LogP contribution in [0.4, 0.5) is 0 Å². The van der Waals surface area contributed by atoms with Gasteiger partial charge in [-0.05, 0) is 0 Å². The summed E-state index contributed by atoms with van der Waals surface area (Å²) in [6, 6.07) is 0. The molecule has 12 heavy (non-hydrogen) atoms. The minimum absolute atomic E-state index is 0. The van der Waals surface area contributed by atoms with E-state index in [-0.39, 0.29) is 27.9 Å². The van der Waals surface area contributed by atoms with Gasteiger partial charge in [0, 0.05) is 22.4 Å². The van der Waals surface area contributed by atoms with Crippen LogP contribution in [0, 0.1) is 0 Å². The van der Waals surface area contributed by atoms with E-state index in [1.807, 2.05) is 0 Å². The molecule has 0 unspecified atom stereocenters. The monoisotopic (exact) mass is 412 g/mol. The summed E-state index contributed by atoms with van der Waals surface area (Å²) < 4.78 is 0.453. The number of nitrogens with one attached hydrogen (secondary N) is 2. The fourth-order valence-corrected chi connectivity index (χ4v) is 1.20. The molecule has 0 aliphatic heterocycles. The van der Waals surface area contributed by atoms with Crippen LogP contribution < -0.4 is 10.3 Å². The Hall–Kier alpha value is -0.390. The Morgan fingerprint density at radius 2 is 2.25 bits per heavy atom. The summed E-state index contributed by atoms with van der Waals surface area (Å²) in [6.45, 7) is 0. The van der Waals surface area contributed by atoms with Crippen molar-refractivity contribution < 1.29 is 22.4 Å². The number of aromatic amines is 2. The molecule has 0 aliphatic carbocycles. The Bertz CT molecular complexity index is 450. The van der Waals surface area contributed by atoms with Gasteiger partial charge < -0.3 is 0 Å². The quantitative estimate of drug-likeness (QED) is 0.516. The van der Waals surface area contributed by atoms with Crippen molar-refractivity contribution in [1.82, 2.24) is 19.9 Å². The number of H-pyrrole nitrogens is 2. The number of nitrogens with zero attached hydrogens (tertiary/aromatic N) is 2. The summed E-state index contributed by atoms with van der Waals surface area (Å²) in [5, 5.41) is 0. The van der Waals surface area contributed by atoms with Gasteiger partial charge in [0.25, 0.3) is 0 Å². The maximum atomic E-state index is 11.1. The van der Waals surface area contributed by atoms with Crippen molar-refractivity contribution in [1.29, 1.82) is 0 Å². The van der Waals surface area contributed by atoms with Crippen molar-refractivity contribution in [3.63, 3.8) is 0 Å². The molecular formula is C5H3AuN4OSe. The van der Waals surface area contributed by atoms with E-state index >= 15 is 0 Å². The maximum absolute atomic E-state index is 11.1. The Kier molecular flexibility index (Phi) is 2.87. The SMILES string of the molecule is O=c1[nH]c([Se])nc2nc[nH]c12.[Au]. The minimum Gasteiger partial charge on any atom is 0 e. The zero-order chi connectivity index (χ0) is 7.84. The van der Waals surface area contributed by atoms with Crippen LogP contribution in [0.25, 0.3) is 11.2 Å². The number of hydrogen-bond acceptors (Lipinski definition) is 3. The number of aromatic nitrogens is 4. The molecule has 2 aromatic rings. The zero-order valence-electron chi connectivity index (χ0n) is 5.59. The third-order valence-corrected chi connectivity index (χ3v) is 1.68. The molecule has 0 spiro atoms. The van der Waals surface area contributed by atoms with Gasteiger partial charge in [-0.25, -0.2) is 0 Å². The van der Waals surface area contributed by atoms with Gasteiger partial charge in [0.1, 0.15) is 0 Å². The molecule has 2 radical (unpaired) electrons. The Balaban J connectivity index is 0.000000720.